The molecule has 0 aliphatic heterocycles. The van der Waals surface area contributed by atoms with Crippen LogP contribution in [0, 0.1) is 6.92 Å². The van der Waals surface area contributed by atoms with E-state index in [9.17, 15) is 4.79 Å². The third-order valence-corrected chi connectivity index (χ3v) is 3.21. The number of aromatic nitrogens is 2. The largest absolute Gasteiger partial charge is 0.409 e. The molecule has 1 aromatic carbocycles. The maximum atomic E-state index is 12.1. The summed E-state index contributed by atoms with van der Waals surface area (Å²) in [5.41, 5.74) is 8.34. The fraction of sp³-hybridized carbons (Fsp3) is 0.214. The van der Waals surface area contributed by atoms with Crippen LogP contribution in [-0.4, -0.2) is 26.7 Å². The summed E-state index contributed by atoms with van der Waals surface area (Å²) in [4.78, 5) is 12.1. The molecular formula is C14H17N5O2. The lowest BCUT2D eigenvalue weighted by Crippen LogP contribution is -2.15. The summed E-state index contributed by atoms with van der Waals surface area (Å²) in [6.45, 7) is 1.84. The first-order chi connectivity index (χ1) is 10.0. The van der Waals surface area contributed by atoms with Crippen LogP contribution in [0.3, 0.4) is 0 Å². The second-order valence-corrected chi connectivity index (χ2v) is 4.69. The number of aryl methyl sites for hydroxylation is 1. The van der Waals surface area contributed by atoms with Crippen LogP contribution in [0.4, 0.5) is 5.69 Å². The molecule has 0 bridgehead atoms. The van der Waals surface area contributed by atoms with Crippen molar-refractivity contribution in [1.29, 1.82) is 0 Å². The van der Waals surface area contributed by atoms with Crippen molar-refractivity contribution in [3.63, 3.8) is 0 Å². The molecule has 110 valence electrons. The molecule has 0 spiro atoms. The van der Waals surface area contributed by atoms with Crippen molar-refractivity contribution in [2.45, 2.75) is 13.3 Å². The highest BCUT2D eigenvalue weighted by atomic mass is 16.4. The van der Waals surface area contributed by atoms with Crippen LogP contribution in [0.1, 0.15) is 21.6 Å². The molecule has 7 nitrogen and oxygen atoms in total. The molecule has 0 fully saturated rings. The number of hydrogen-bond acceptors (Lipinski definition) is 4. The summed E-state index contributed by atoms with van der Waals surface area (Å²) in [6, 6.07) is 7.15. The van der Waals surface area contributed by atoms with Crippen LogP contribution in [0.2, 0.25) is 0 Å². The van der Waals surface area contributed by atoms with E-state index in [2.05, 4.69) is 15.6 Å². The van der Waals surface area contributed by atoms with Gasteiger partial charge < -0.3 is 16.3 Å². The Morgan fingerprint density at radius 1 is 1.43 bits per heavy atom. The summed E-state index contributed by atoms with van der Waals surface area (Å²) >= 11 is 0. The summed E-state index contributed by atoms with van der Waals surface area (Å²) < 4.78 is 1.65. The minimum absolute atomic E-state index is 0.137. The van der Waals surface area contributed by atoms with E-state index in [0.29, 0.717) is 17.7 Å². The number of amidine groups is 1. The fourth-order valence-electron chi connectivity index (χ4n) is 1.87. The first-order valence-corrected chi connectivity index (χ1v) is 6.36. The molecule has 1 heterocycles. The van der Waals surface area contributed by atoms with Crippen molar-refractivity contribution in [3.05, 3.63) is 47.3 Å². The predicted octanol–water partition coefficient (Wildman–Crippen LogP) is 1.27. The maximum Gasteiger partial charge on any atom is 0.259 e. The third kappa shape index (κ3) is 3.38. The quantitative estimate of drug-likeness (QED) is 0.341. The van der Waals surface area contributed by atoms with Gasteiger partial charge in [-0.3, -0.25) is 9.48 Å². The molecule has 2 aromatic rings. The molecule has 0 radical (unpaired) electrons. The van der Waals surface area contributed by atoms with Crippen molar-refractivity contribution >= 4 is 17.4 Å². The number of rotatable bonds is 4. The highest BCUT2D eigenvalue weighted by Crippen LogP contribution is 2.13. The Hall–Kier alpha value is -2.83. The first-order valence-electron chi connectivity index (χ1n) is 6.36. The van der Waals surface area contributed by atoms with E-state index in [1.54, 1.807) is 23.9 Å². The number of hydrogen-bond donors (Lipinski definition) is 3. The molecule has 0 aliphatic carbocycles. The minimum atomic E-state index is -0.204. The molecule has 0 saturated heterocycles. The number of carbonyl (C=O) groups excluding carboxylic acids is 1. The van der Waals surface area contributed by atoms with Crippen LogP contribution < -0.4 is 11.1 Å². The Kier molecular flexibility index (Phi) is 4.22. The number of nitrogens with two attached hydrogens (primary N) is 1. The zero-order chi connectivity index (χ0) is 15.4. The Morgan fingerprint density at radius 2 is 2.10 bits per heavy atom. The molecular weight excluding hydrogens is 270 g/mol. The number of amides is 1. The Morgan fingerprint density at radius 3 is 2.62 bits per heavy atom. The summed E-state index contributed by atoms with van der Waals surface area (Å²) in [7, 11) is 1.79. The molecule has 4 N–H and O–H groups in total. The van der Waals surface area contributed by atoms with E-state index in [-0.39, 0.29) is 11.7 Å². The van der Waals surface area contributed by atoms with Gasteiger partial charge in [0.25, 0.3) is 5.91 Å². The predicted molar refractivity (Wildman–Crippen MR) is 79.5 cm³/mol. The number of oxime groups is 1. The summed E-state index contributed by atoms with van der Waals surface area (Å²) in [5.74, 6) is -0.0671. The van der Waals surface area contributed by atoms with Crippen molar-refractivity contribution in [3.8, 4) is 0 Å². The van der Waals surface area contributed by atoms with E-state index in [4.69, 9.17) is 10.9 Å². The highest BCUT2D eigenvalue weighted by molar-refractivity contribution is 6.04. The Bertz CT molecular complexity index is 673. The second kappa shape index (κ2) is 6.08. The van der Waals surface area contributed by atoms with Gasteiger partial charge in [-0.15, -0.1) is 0 Å². The topological polar surface area (TPSA) is 106 Å². The van der Waals surface area contributed by atoms with Crippen LogP contribution in [-0.2, 0) is 13.5 Å². The zero-order valence-electron chi connectivity index (χ0n) is 11.9. The number of carbonyl (C=O) groups is 1. The number of benzene rings is 1. The number of nitrogens with one attached hydrogen (secondary N) is 1. The van der Waals surface area contributed by atoms with Gasteiger partial charge in [0.1, 0.15) is 5.84 Å². The lowest BCUT2D eigenvalue weighted by atomic mass is 10.1. The molecule has 7 heteroatoms. The number of anilines is 1. The average Bonchev–Trinajstić information content (AvgIpc) is 2.81. The standard InChI is InChI=1S/C14H17N5O2/c1-9-12(8-16-19(9)2)14(20)17-11-5-3-10(4-6-11)7-13(15)18-21/h3-6,8,21H,7H2,1-2H3,(H2,15,18)(H,17,20). The molecule has 2 rings (SSSR count). The lowest BCUT2D eigenvalue weighted by molar-refractivity contribution is 0.102. The molecule has 0 aliphatic rings. The molecule has 0 atom stereocenters. The van der Waals surface area contributed by atoms with Gasteiger partial charge in [0.2, 0.25) is 0 Å². The van der Waals surface area contributed by atoms with Crippen LogP contribution in [0.5, 0.6) is 0 Å². The van der Waals surface area contributed by atoms with E-state index in [0.717, 1.165) is 11.3 Å². The first kappa shape index (κ1) is 14.6. The lowest BCUT2D eigenvalue weighted by Gasteiger charge is -2.06. The second-order valence-electron chi connectivity index (χ2n) is 4.69. The van der Waals surface area contributed by atoms with Crippen LogP contribution in [0.25, 0.3) is 0 Å². The average molecular weight is 287 g/mol. The van der Waals surface area contributed by atoms with Crippen molar-refractivity contribution in [1.82, 2.24) is 9.78 Å². The van der Waals surface area contributed by atoms with Gasteiger partial charge in [-0.2, -0.15) is 5.10 Å². The Balaban J connectivity index is 2.06. The molecule has 1 amide bonds. The molecule has 0 saturated carbocycles. The van der Waals surface area contributed by atoms with Gasteiger partial charge in [0, 0.05) is 24.8 Å². The Labute approximate surface area is 122 Å². The normalized spacial score (nSPS) is 11.4. The van der Waals surface area contributed by atoms with E-state index < -0.39 is 0 Å². The van der Waals surface area contributed by atoms with Gasteiger partial charge >= 0.3 is 0 Å². The third-order valence-electron chi connectivity index (χ3n) is 3.21. The SMILES string of the molecule is Cc1c(C(=O)Nc2ccc(CC(N)=NO)cc2)cnn1C. The van der Waals surface area contributed by atoms with Gasteiger partial charge in [0.15, 0.2) is 0 Å². The monoisotopic (exact) mass is 287 g/mol. The number of nitrogens with zero attached hydrogens (tertiary/aromatic N) is 3. The van der Waals surface area contributed by atoms with Gasteiger partial charge in [-0.1, -0.05) is 17.3 Å². The zero-order valence-corrected chi connectivity index (χ0v) is 11.9. The molecule has 0 unspecified atom stereocenters. The van der Waals surface area contributed by atoms with Crippen molar-refractivity contribution in [2.75, 3.05) is 5.32 Å². The van der Waals surface area contributed by atoms with E-state index >= 15 is 0 Å². The van der Waals surface area contributed by atoms with Crippen molar-refractivity contribution in [2.24, 2.45) is 17.9 Å². The van der Waals surface area contributed by atoms with Crippen LogP contribution >= 0.6 is 0 Å². The van der Waals surface area contributed by atoms with Crippen molar-refractivity contribution < 1.29 is 10.0 Å². The van der Waals surface area contributed by atoms with Gasteiger partial charge in [0.05, 0.1) is 11.8 Å². The summed E-state index contributed by atoms with van der Waals surface area (Å²) in [6.07, 6.45) is 1.89. The smallest absolute Gasteiger partial charge is 0.259 e. The maximum absolute atomic E-state index is 12.1. The van der Waals surface area contributed by atoms with E-state index in [1.165, 1.54) is 6.20 Å². The highest BCUT2D eigenvalue weighted by Gasteiger charge is 2.12. The minimum Gasteiger partial charge on any atom is -0.409 e. The van der Waals surface area contributed by atoms with E-state index in [1.807, 2.05) is 19.1 Å². The fourth-order valence-corrected chi connectivity index (χ4v) is 1.87. The molecule has 1 aromatic heterocycles. The van der Waals surface area contributed by atoms with Crippen LogP contribution in [0.15, 0.2) is 35.6 Å². The van der Waals surface area contributed by atoms with Gasteiger partial charge in [-0.05, 0) is 24.6 Å². The summed E-state index contributed by atoms with van der Waals surface area (Å²) in [5, 5.41) is 18.3. The molecule has 21 heavy (non-hydrogen) atoms. The van der Waals surface area contributed by atoms with Gasteiger partial charge in [-0.25, -0.2) is 0 Å².